The van der Waals surface area contributed by atoms with Gasteiger partial charge in [0.25, 0.3) is 11.9 Å². The molecule has 1 aromatic carbocycles. The zero-order valence-corrected chi connectivity index (χ0v) is 15.3. The van der Waals surface area contributed by atoms with Crippen molar-refractivity contribution in [2.24, 2.45) is 0 Å². The summed E-state index contributed by atoms with van der Waals surface area (Å²) in [5.41, 5.74) is 3.14. The summed E-state index contributed by atoms with van der Waals surface area (Å²) in [5, 5.41) is 7.60. The number of rotatable bonds is 5. The number of nitrogens with zero attached hydrogens (tertiary/aromatic N) is 2. The number of nitrogens with one attached hydrogen (secondary N) is 1. The molecular formula is C20H21N3O4. The average Bonchev–Trinajstić information content (AvgIpc) is 3.36. The van der Waals surface area contributed by atoms with Crippen molar-refractivity contribution in [2.75, 3.05) is 14.2 Å². The number of benzene rings is 1. The fraction of sp³-hybridized carbons (Fsp3) is 0.300. The Bertz CT molecular complexity index is 943. The van der Waals surface area contributed by atoms with Gasteiger partial charge in [-0.25, -0.2) is 4.68 Å². The van der Waals surface area contributed by atoms with Gasteiger partial charge in [0.1, 0.15) is 5.75 Å². The predicted molar refractivity (Wildman–Crippen MR) is 98.5 cm³/mol. The summed E-state index contributed by atoms with van der Waals surface area (Å²) in [6.45, 7) is 0. The van der Waals surface area contributed by atoms with E-state index < -0.39 is 0 Å². The van der Waals surface area contributed by atoms with Crippen LogP contribution in [0.2, 0.25) is 0 Å². The molecule has 27 heavy (non-hydrogen) atoms. The van der Waals surface area contributed by atoms with Crippen molar-refractivity contribution >= 4 is 5.91 Å². The smallest absolute Gasteiger partial charge is 0.287 e. The van der Waals surface area contributed by atoms with Gasteiger partial charge in [-0.05, 0) is 49.6 Å². The molecule has 7 nitrogen and oxygen atoms in total. The molecule has 0 bridgehead atoms. The number of furan rings is 1. The topological polar surface area (TPSA) is 78.5 Å². The highest BCUT2D eigenvalue weighted by molar-refractivity contribution is 5.91. The summed E-state index contributed by atoms with van der Waals surface area (Å²) >= 11 is 0. The third-order valence-corrected chi connectivity index (χ3v) is 4.81. The van der Waals surface area contributed by atoms with Gasteiger partial charge in [-0.15, -0.1) is 0 Å². The van der Waals surface area contributed by atoms with Crippen molar-refractivity contribution in [3.8, 4) is 17.4 Å². The second-order valence-electron chi connectivity index (χ2n) is 6.40. The molecule has 4 rings (SSSR count). The van der Waals surface area contributed by atoms with Crippen LogP contribution in [0.5, 0.6) is 11.7 Å². The van der Waals surface area contributed by atoms with Crippen LogP contribution in [-0.2, 0) is 6.42 Å². The Morgan fingerprint density at radius 2 is 2.00 bits per heavy atom. The zero-order chi connectivity index (χ0) is 18.8. The van der Waals surface area contributed by atoms with E-state index in [0.717, 1.165) is 42.0 Å². The zero-order valence-electron chi connectivity index (χ0n) is 15.3. The summed E-state index contributed by atoms with van der Waals surface area (Å²) in [6, 6.07) is 10.9. The van der Waals surface area contributed by atoms with Gasteiger partial charge in [-0.2, -0.15) is 5.10 Å². The lowest BCUT2D eigenvalue weighted by Crippen LogP contribution is -2.30. The van der Waals surface area contributed by atoms with Gasteiger partial charge in [0, 0.05) is 17.3 Å². The molecule has 0 saturated heterocycles. The molecule has 1 amide bonds. The SMILES string of the molecule is COc1ccc(-n2ncc3c2CCC[C@@H]3NC(=O)c2ccc(OC)o2)cc1. The van der Waals surface area contributed by atoms with Gasteiger partial charge in [0.2, 0.25) is 0 Å². The molecule has 3 aromatic rings. The highest BCUT2D eigenvalue weighted by Gasteiger charge is 2.27. The molecule has 0 spiro atoms. The first-order chi connectivity index (χ1) is 13.2. The molecular weight excluding hydrogens is 346 g/mol. The van der Waals surface area contributed by atoms with E-state index in [1.54, 1.807) is 19.2 Å². The Morgan fingerprint density at radius 1 is 1.19 bits per heavy atom. The molecule has 0 aliphatic heterocycles. The van der Waals surface area contributed by atoms with Gasteiger partial charge in [0.05, 0.1) is 32.1 Å². The van der Waals surface area contributed by atoms with E-state index in [2.05, 4.69) is 10.4 Å². The van der Waals surface area contributed by atoms with Crippen molar-refractivity contribution in [1.29, 1.82) is 0 Å². The second kappa shape index (κ2) is 7.19. The summed E-state index contributed by atoms with van der Waals surface area (Å²) in [6.07, 6.45) is 4.60. The van der Waals surface area contributed by atoms with E-state index in [1.165, 1.54) is 7.11 Å². The molecule has 1 aliphatic carbocycles. The highest BCUT2D eigenvalue weighted by atomic mass is 16.6. The first-order valence-corrected chi connectivity index (χ1v) is 8.85. The Kier molecular flexibility index (Phi) is 4.58. The Labute approximate surface area is 156 Å². The summed E-state index contributed by atoms with van der Waals surface area (Å²) in [7, 11) is 3.15. The van der Waals surface area contributed by atoms with Crippen LogP contribution in [0, 0.1) is 0 Å². The minimum absolute atomic E-state index is 0.0932. The number of aromatic nitrogens is 2. The van der Waals surface area contributed by atoms with E-state index in [-0.39, 0.29) is 17.7 Å². The van der Waals surface area contributed by atoms with Crippen LogP contribution in [0.3, 0.4) is 0 Å². The van der Waals surface area contributed by atoms with Crippen LogP contribution >= 0.6 is 0 Å². The van der Waals surface area contributed by atoms with Gasteiger partial charge in [-0.3, -0.25) is 4.79 Å². The highest BCUT2D eigenvalue weighted by Crippen LogP contribution is 2.31. The van der Waals surface area contributed by atoms with Crippen LogP contribution in [0.4, 0.5) is 0 Å². The first kappa shape index (κ1) is 17.2. The monoisotopic (exact) mass is 367 g/mol. The number of carbonyl (C=O) groups is 1. The third-order valence-electron chi connectivity index (χ3n) is 4.81. The first-order valence-electron chi connectivity index (χ1n) is 8.85. The maximum atomic E-state index is 12.5. The quantitative estimate of drug-likeness (QED) is 0.749. The summed E-state index contributed by atoms with van der Waals surface area (Å²) in [4.78, 5) is 12.5. The Balaban J connectivity index is 1.56. The van der Waals surface area contributed by atoms with Gasteiger partial charge in [-0.1, -0.05) is 0 Å². The molecule has 2 heterocycles. The standard InChI is InChI=1S/C20H21N3O4/c1-25-14-8-6-13(7-9-14)23-17-5-3-4-16(15(17)12-21-23)22-20(24)18-10-11-19(26-2)27-18/h6-12,16H,3-5H2,1-2H3,(H,22,24)/t16-/m0/s1. The van der Waals surface area contributed by atoms with Crippen LogP contribution in [0.25, 0.3) is 5.69 Å². The lowest BCUT2D eigenvalue weighted by Gasteiger charge is -2.24. The number of carbonyl (C=O) groups excluding carboxylic acids is 1. The van der Waals surface area contributed by atoms with E-state index >= 15 is 0 Å². The lowest BCUT2D eigenvalue weighted by molar-refractivity contribution is 0.0898. The van der Waals surface area contributed by atoms with Crippen molar-refractivity contribution in [3.63, 3.8) is 0 Å². The Morgan fingerprint density at radius 3 is 2.70 bits per heavy atom. The minimum atomic E-state index is -0.256. The number of fused-ring (bicyclic) bond motifs is 1. The normalized spacial score (nSPS) is 15.9. The van der Waals surface area contributed by atoms with Crippen molar-refractivity contribution < 1.29 is 18.7 Å². The molecule has 0 fully saturated rings. The number of hydrogen-bond acceptors (Lipinski definition) is 5. The van der Waals surface area contributed by atoms with E-state index in [4.69, 9.17) is 13.9 Å². The molecule has 0 radical (unpaired) electrons. The number of ether oxygens (including phenoxy) is 2. The summed E-state index contributed by atoms with van der Waals surface area (Å²) < 4.78 is 17.5. The fourth-order valence-corrected chi connectivity index (χ4v) is 3.43. The third kappa shape index (κ3) is 3.28. The van der Waals surface area contributed by atoms with Crippen molar-refractivity contribution in [1.82, 2.24) is 15.1 Å². The largest absolute Gasteiger partial charge is 0.497 e. The van der Waals surface area contributed by atoms with E-state index in [9.17, 15) is 4.79 Å². The predicted octanol–water partition coefficient (Wildman–Crippen LogP) is 3.29. The number of hydrogen-bond donors (Lipinski definition) is 1. The van der Waals surface area contributed by atoms with Gasteiger partial charge >= 0.3 is 0 Å². The van der Waals surface area contributed by atoms with Gasteiger partial charge in [0.15, 0.2) is 5.76 Å². The maximum Gasteiger partial charge on any atom is 0.287 e. The molecule has 1 aliphatic rings. The molecule has 0 unspecified atom stereocenters. The molecule has 2 aromatic heterocycles. The lowest BCUT2D eigenvalue weighted by atomic mass is 9.92. The minimum Gasteiger partial charge on any atom is -0.497 e. The number of amides is 1. The second-order valence-corrected chi connectivity index (χ2v) is 6.40. The van der Waals surface area contributed by atoms with E-state index in [1.807, 2.05) is 35.1 Å². The summed E-state index contributed by atoms with van der Waals surface area (Å²) in [5.74, 6) is 1.10. The fourth-order valence-electron chi connectivity index (χ4n) is 3.43. The van der Waals surface area contributed by atoms with Crippen LogP contribution in [-0.4, -0.2) is 29.9 Å². The van der Waals surface area contributed by atoms with Crippen LogP contribution in [0.15, 0.2) is 47.0 Å². The molecule has 0 saturated carbocycles. The van der Waals surface area contributed by atoms with E-state index in [0.29, 0.717) is 5.95 Å². The number of methoxy groups -OCH3 is 2. The molecule has 7 heteroatoms. The van der Waals surface area contributed by atoms with Crippen molar-refractivity contribution in [3.05, 3.63) is 59.6 Å². The van der Waals surface area contributed by atoms with Crippen molar-refractivity contribution in [2.45, 2.75) is 25.3 Å². The molecule has 1 N–H and O–H groups in total. The Hall–Kier alpha value is -3.22. The van der Waals surface area contributed by atoms with Gasteiger partial charge < -0.3 is 19.2 Å². The maximum absolute atomic E-state index is 12.5. The van der Waals surface area contributed by atoms with Crippen LogP contribution < -0.4 is 14.8 Å². The van der Waals surface area contributed by atoms with Crippen LogP contribution in [0.1, 0.15) is 40.7 Å². The molecule has 140 valence electrons. The molecule has 1 atom stereocenters. The average molecular weight is 367 g/mol.